The van der Waals surface area contributed by atoms with Gasteiger partial charge in [0.25, 0.3) is 11.3 Å². The van der Waals surface area contributed by atoms with Gasteiger partial charge in [-0.15, -0.1) is 11.6 Å². The summed E-state index contributed by atoms with van der Waals surface area (Å²) < 4.78 is 424. The summed E-state index contributed by atoms with van der Waals surface area (Å²) in [5.41, 5.74) is -2.68. The maximum absolute atomic E-state index is 13.8. The number of hydrogen-bond acceptors (Lipinski definition) is 23. The van der Waals surface area contributed by atoms with Crippen molar-refractivity contribution in [2.24, 2.45) is 10.8 Å². The number of carbonyl (C=O) groups is 9. The summed E-state index contributed by atoms with van der Waals surface area (Å²) in [6.45, 7) is 6.50. The van der Waals surface area contributed by atoms with E-state index >= 15 is 0 Å². The molecule has 0 aliphatic rings. The van der Waals surface area contributed by atoms with Crippen LogP contribution in [0.25, 0.3) is 0 Å². The number of hydrogen-bond donors (Lipinski definition) is 2. The zero-order valence-electron chi connectivity index (χ0n) is 64.8. The molecule has 0 aromatic heterocycles. The van der Waals surface area contributed by atoms with Crippen molar-refractivity contribution in [1.82, 2.24) is 0 Å². The normalized spacial score (nSPS) is 14.9. The molecule has 1 aromatic carbocycles. The van der Waals surface area contributed by atoms with E-state index in [0.717, 1.165) is 7.11 Å². The summed E-state index contributed by atoms with van der Waals surface area (Å²) in [7, 11) is 1.12. The molecule has 21 nitrogen and oxygen atoms in total. The van der Waals surface area contributed by atoms with Crippen LogP contribution in [-0.2, 0) is 90.5 Å². The third kappa shape index (κ3) is 45.5. The second-order valence-corrected chi connectivity index (χ2v) is 32.0. The van der Waals surface area contributed by atoms with E-state index in [1.54, 1.807) is 67.7 Å². The fourth-order valence-electron chi connectivity index (χ4n) is 7.20. The summed E-state index contributed by atoms with van der Waals surface area (Å²) in [5, 5.41) is 14.4. The standard InChI is InChI=1S/C31H37ClF10O10.C12H10BrF11O5.C6H11BrO3.C6HClF10O2.C2H3ClO.2C2H6S.CH3Br/c1-25(2,22(45)51-14-13-49-21(44)20(28(33,34)35)52-31(41,42)29(36,37)30(38,39)40)17-26(3,23(46)50-12-11-43)15-19(18-9-7-6-8-10-18)16-27(4,32)24(47)48-5;1-7(2,13)5(25)27-3-4-28-6(26)8(14,10(17,18)19)29-12(23,24)9(15,16)11(20,21)22;1-6(2,7)5(9)10-4-3-8;7-2(18)1(3(8,9)10)19-6(16,17)4(11,12)5(13,14)15;1-2(3)4;2*1-3-2;1-2/h6-10,19-20,43H,11-17H2,1-5H3;3-4H2,1-2H3;8H,3-4H2,1-2H3;1H;1H3;2*1-2H3;1H3. The average Bonchev–Trinajstić information content (AvgIpc) is 0.747. The minimum absolute atomic E-state index is 0.0634. The highest BCUT2D eigenvalue weighted by Gasteiger charge is 2.81. The molecule has 0 saturated heterocycles. The van der Waals surface area contributed by atoms with Gasteiger partial charge < -0.3 is 43.4 Å². The number of benzene rings is 1. The van der Waals surface area contributed by atoms with E-state index in [1.807, 2.05) is 35.6 Å². The van der Waals surface area contributed by atoms with Crippen LogP contribution >= 0.6 is 106 Å². The van der Waals surface area contributed by atoms with Crippen molar-refractivity contribution < 1.29 is 237 Å². The quantitative estimate of drug-likeness (QED) is 0.0162. The molecule has 0 heterocycles. The number of aliphatic hydroxyl groups is 2. The molecule has 122 heavy (non-hydrogen) atoms. The average molecular weight is 2160 g/mol. The highest BCUT2D eigenvalue weighted by molar-refractivity contribution is 9.10. The number of carbonyl (C=O) groups excluding carboxylic acids is 9. The van der Waals surface area contributed by atoms with Crippen LogP contribution < -0.4 is 0 Å². The van der Waals surface area contributed by atoms with Crippen molar-refractivity contribution in [2.45, 2.75) is 192 Å². The van der Waals surface area contributed by atoms with Crippen molar-refractivity contribution in [2.75, 3.05) is 90.8 Å². The van der Waals surface area contributed by atoms with Gasteiger partial charge in [0, 0.05) is 6.92 Å². The molecule has 6 atom stereocenters. The zero-order chi connectivity index (χ0) is 99.3. The van der Waals surface area contributed by atoms with Crippen LogP contribution in [0.5, 0.6) is 0 Å². The number of rotatable bonds is 34. The van der Waals surface area contributed by atoms with Gasteiger partial charge in [0.15, 0.2) is 0 Å². The maximum Gasteiger partial charge on any atom is 0.462 e. The van der Waals surface area contributed by atoms with Crippen molar-refractivity contribution in [3.8, 4) is 0 Å². The van der Waals surface area contributed by atoms with E-state index < -0.39 is 209 Å². The van der Waals surface area contributed by atoms with Gasteiger partial charge in [-0.05, 0) is 140 Å². The SMILES string of the molecule is CBr.CC(=O)Cl.CC(C)(Br)C(=O)OCCO.CC(C)(Br)C(=O)OCCOC(=O)C(F)(OC(F)(F)C(F)(F)C(F)(F)F)C(F)(F)F.COC(=O)C(C)(Cl)CC(CC(C)(CC(C)(C)C(=O)OCCOC(=O)C(OC(F)(F)C(F)(F)C(F)(F)F)C(F)(F)F)C(=O)OCCO)c1ccccc1.CSC.CSC.O=C(Cl)C(OC(F)(F)C(F)(F)C(F)(F)F)C(F)(F)F. The van der Waals surface area contributed by atoms with Crippen molar-refractivity contribution in [3.05, 3.63) is 35.9 Å². The number of ether oxygens (including phenoxy) is 10. The Labute approximate surface area is 721 Å². The molecule has 2 N–H and O–H groups in total. The smallest absolute Gasteiger partial charge is 0.462 e. The van der Waals surface area contributed by atoms with Crippen LogP contribution in [-0.4, -0.2) is 258 Å². The first-order valence-corrected chi connectivity index (χ1v) is 39.0. The van der Waals surface area contributed by atoms with Gasteiger partial charge in [-0.25, -0.2) is 9.59 Å². The van der Waals surface area contributed by atoms with E-state index in [9.17, 15) is 184 Å². The Balaban J connectivity index is -0.000000314. The molecule has 1 rings (SSSR count). The summed E-state index contributed by atoms with van der Waals surface area (Å²) in [4.78, 5) is 102. The Bertz CT molecular complexity index is 3330. The van der Waals surface area contributed by atoms with Crippen molar-refractivity contribution in [3.63, 3.8) is 0 Å². The van der Waals surface area contributed by atoms with Crippen molar-refractivity contribution >= 4 is 158 Å². The lowest BCUT2D eigenvalue weighted by molar-refractivity contribution is -0.475. The van der Waals surface area contributed by atoms with Gasteiger partial charge >= 0.3 is 121 Å². The third-order valence-corrected chi connectivity index (χ3v) is 13.6. The second kappa shape index (κ2) is 53.5. The molecule has 0 spiro atoms. The molecule has 0 amide bonds. The Kier molecular flexibility index (Phi) is 57.2. The molecule has 0 bridgehead atoms. The van der Waals surface area contributed by atoms with Crippen LogP contribution in [0.3, 0.4) is 0 Å². The van der Waals surface area contributed by atoms with Crippen LogP contribution in [0.15, 0.2) is 30.3 Å². The number of alkyl halides is 35. The summed E-state index contributed by atoms with van der Waals surface area (Å²) in [6, 6.07) is 8.42. The van der Waals surface area contributed by atoms with Gasteiger partial charge in [0.05, 0.1) is 31.2 Å². The molecule has 0 saturated carbocycles. The van der Waals surface area contributed by atoms with E-state index in [2.05, 4.69) is 99.4 Å². The first-order chi connectivity index (χ1) is 54.1. The van der Waals surface area contributed by atoms with Gasteiger partial charge in [-0.2, -0.15) is 160 Å². The third-order valence-electron chi connectivity index (χ3n) is 12.4. The molecule has 0 radical (unpaired) electrons. The molecule has 722 valence electrons. The lowest BCUT2D eigenvalue weighted by atomic mass is 9.67. The second-order valence-electron chi connectivity index (χ2n) is 24.7. The molecular formula is C62H77Br3Cl3F31O21S2. The fourth-order valence-corrected chi connectivity index (χ4v) is 7.86. The van der Waals surface area contributed by atoms with Crippen LogP contribution in [0.4, 0.5) is 136 Å². The molecule has 0 fully saturated rings. The topological polar surface area (TPSA) is 286 Å². The first-order valence-electron chi connectivity index (χ1n) is 31.5. The van der Waals surface area contributed by atoms with E-state index in [-0.39, 0.29) is 37.3 Å². The van der Waals surface area contributed by atoms with Gasteiger partial charge in [0.1, 0.15) is 53.2 Å². The zero-order valence-corrected chi connectivity index (χ0v) is 73.5. The lowest BCUT2D eigenvalue weighted by Crippen LogP contribution is -2.61. The number of thioether (sulfide) groups is 2. The van der Waals surface area contributed by atoms with Gasteiger partial charge in [-0.1, -0.05) is 78.1 Å². The predicted octanol–water partition coefficient (Wildman–Crippen LogP) is 18.7. The Morgan fingerprint density at radius 1 is 0.426 bits per heavy atom. The lowest BCUT2D eigenvalue weighted by Gasteiger charge is -2.38. The molecule has 0 aliphatic carbocycles. The van der Waals surface area contributed by atoms with E-state index in [1.165, 1.54) is 48.5 Å². The monoisotopic (exact) mass is 2150 g/mol. The van der Waals surface area contributed by atoms with Crippen LogP contribution in [0.2, 0.25) is 0 Å². The number of halogens is 37. The van der Waals surface area contributed by atoms with Crippen LogP contribution in [0.1, 0.15) is 93.1 Å². The molecule has 6 unspecified atom stereocenters. The fraction of sp³-hybridized carbons (Fsp3) is 0.758. The highest BCUT2D eigenvalue weighted by Crippen LogP contribution is 2.54. The summed E-state index contributed by atoms with van der Waals surface area (Å²) in [5.74, 6) is -37.2. The molecule has 0 aliphatic heterocycles. The van der Waals surface area contributed by atoms with Crippen molar-refractivity contribution in [1.29, 1.82) is 0 Å². The van der Waals surface area contributed by atoms with Gasteiger partial charge in [-0.3, -0.25) is 47.8 Å². The number of esters is 7. The van der Waals surface area contributed by atoms with Gasteiger partial charge in [0.2, 0.25) is 11.3 Å². The largest absolute Gasteiger partial charge is 0.468 e. The number of methoxy groups -OCH3 is 1. The summed E-state index contributed by atoms with van der Waals surface area (Å²) in [6.07, 6.45) is -62.3. The minimum Gasteiger partial charge on any atom is -0.468 e. The minimum atomic E-state index is -7.31. The molecular weight excluding hydrogens is 2080 g/mol. The first kappa shape index (κ1) is 131. The predicted molar refractivity (Wildman–Crippen MR) is 379 cm³/mol. The molecule has 1 aromatic rings. The maximum atomic E-state index is 13.8. The van der Waals surface area contributed by atoms with Crippen LogP contribution in [0, 0.1) is 10.8 Å². The summed E-state index contributed by atoms with van der Waals surface area (Å²) >= 11 is 27.6. The Hall–Kier alpha value is -4.51. The Morgan fingerprint density at radius 2 is 0.721 bits per heavy atom. The highest BCUT2D eigenvalue weighted by atomic mass is 79.9. The number of aliphatic hydroxyl groups excluding tert-OH is 2. The van der Waals surface area contributed by atoms with E-state index in [0.29, 0.717) is 5.56 Å². The Morgan fingerprint density at radius 3 is 1.02 bits per heavy atom. The van der Waals surface area contributed by atoms with E-state index in [4.69, 9.17) is 30.9 Å². The molecule has 60 heteroatoms.